The molecule has 1 saturated carbocycles. The van der Waals surface area contributed by atoms with Crippen LogP contribution in [0.2, 0.25) is 0 Å². The van der Waals surface area contributed by atoms with Gasteiger partial charge in [0.05, 0.1) is 0 Å². The summed E-state index contributed by atoms with van der Waals surface area (Å²) in [6, 6.07) is 0.384. The molecule has 0 bridgehead atoms. The maximum Gasteiger partial charge on any atom is 0.0164 e. The van der Waals surface area contributed by atoms with Gasteiger partial charge in [-0.05, 0) is 31.1 Å². The zero-order valence-corrected chi connectivity index (χ0v) is 12.0. The van der Waals surface area contributed by atoms with Gasteiger partial charge in [-0.1, -0.05) is 31.9 Å². The SMILES string of the molecule is C=CCN(CC=C)CC1CC(CCC)CCC1N. The molecule has 0 heterocycles. The molecule has 2 heteroatoms. The second kappa shape index (κ2) is 8.49. The number of hydrogen-bond donors (Lipinski definition) is 1. The van der Waals surface area contributed by atoms with E-state index in [0.717, 1.165) is 25.6 Å². The molecule has 104 valence electrons. The van der Waals surface area contributed by atoms with Crippen molar-refractivity contribution in [3.63, 3.8) is 0 Å². The van der Waals surface area contributed by atoms with Crippen LogP contribution in [-0.2, 0) is 0 Å². The molecule has 0 aromatic carbocycles. The average Bonchev–Trinajstić information content (AvgIpc) is 2.34. The predicted octanol–water partition coefficient (Wildman–Crippen LogP) is 3.20. The minimum Gasteiger partial charge on any atom is -0.327 e. The maximum absolute atomic E-state index is 6.30. The smallest absolute Gasteiger partial charge is 0.0164 e. The molecule has 0 aromatic rings. The molecule has 3 atom stereocenters. The minimum atomic E-state index is 0.384. The van der Waals surface area contributed by atoms with E-state index in [1.54, 1.807) is 0 Å². The van der Waals surface area contributed by atoms with Crippen molar-refractivity contribution in [2.24, 2.45) is 17.6 Å². The highest BCUT2D eigenvalue weighted by Crippen LogP contribution is 2.31. The fraction of sp³-hybridized carbons (Fsp3) is 0.750. The molecule has 2 nitrogen and oxygen atoms in total. The third-order valence-corrected chi connectivity index (χ3v) is 4.11. The maximum atomic E-state index is 6.30. The Kier molecular flexibility index (Phi) is 7.29. The molecule has 0 saturated heterocycles. The Morgan fingerprint density at radius 3 is 2.44 bits per heavy atom. The van der Waals surface area contributed by atoms with Gasteiger partial charge in [-0.15, -0.1) is 13.2 Å². The second-order valence-electron chi connectivity index (χ2n) is 5.69. The van der Waals surface area contributed by atoms with Crippen LogP contribution in [0.25, 0.3) is 0 Å². The Bertz CT molecular complexity index is 239. The zero-order valence-electron chi connectivity index (χ0n) is 12.0. The van der Waals surface area contributed by atoms with Gasteiger partial charge in [0.2, 0.25) is 0 Å². The summed E-state index contributed by atoms with van der Waals surface area (Å²) in [7, 11) is 0. The van der Waals surface area contributed by atoms with E-state index in [1.165, 1.54) is 32.1 Å². The first-order valence-corrected chi connectivity index (χ1v) is 7.40. The van der Waals surface area contributed by atoms with Crippen molar-refractivity contribution in [2.75, 3.05) is 19.6 Å². The molecule has 0 amide bonds. The van der Waals surface area contributed by atoms with Crippen LogP contribution in [0.3, 0.4) is 0 Å². The first kappa shape index (κ1) is 15.5. The first-order valence-electron chi connectivity index (χ1n) is 7.40. The van der Waals surface area contributed by atoms with Crippen LogP contribution in [0.1, 0.15) is 39.0 Å². The lowest BCUT2D eigenvalue weighted by atomic mass is 9.76. The summed E-state index contributed by atoms with van der Waals surface area (Å²) in [6.45, 7) is 12.9. The molecule has 3 unspecified atom stereocenters. The highest BCUT2D eigenvalue weighted by Gasteiger charge is 2.28. The molecule has 1 aliphatic rings. The average molecular weight is 250 g/mol. The number of nitrogens with zero attached hydrogens (tertiary/aromatic N) is 1. The van der Waals surface area contributed by atoms with Gasteiger partial charge < -0.3 is 5.73 Å². The third kappa shape index (κ3) is 4.95. The Hall–Kier alpha value is -0.600. The third-order valence-electron chi connectivity index (χ3n) is 4.11. The van der Waals surface area contributed by atoms with Gasteiger partial charge >= 0.3 is 0 Å². The van der Waals surface area contributed by atoms with Crippen molar-refractivity contribution in [1.82, 2.24) is 4.90 Å². The summed E-state index contributed by atoms with van der Waals surface area (Å²) in [6.07, 6.45) is 10.4. The lowest BCUT2D eigenvalue weighted by Gasteiger charge is -2.37. The van der Waals surface area contributed by atoms with Gasteiger partial charge in [-0.25, -0.2) is 0 Å². The molecule has 1 aliphatic carbocycles. The fourth-order valence-corrected chi connectivity index (χ4v) is 3.19. The van der Waals surface area contributed by atoms with Crippen LogP contribution in [0.5, 0.6) is 0 Å². The largest absolute Gasteiger partial charge is 0.327 e. The molecule has 1 rings (SSSR count). The summed E-state index contributed by atoms with van der Waals surface area (Å²) >= 11 is 0. The van der Waals surface area contributed by atoms with E-state index in [1.807, 2.05) is 12.2 Å². The minimum absolute atomic E-state index is 0.384. The topological polar surface area (TPSA) is 29.3 Å². The van der Waals surface area contributed by atoms with Crippen LogP contribution >= 0.6 is 0 Å². The Labute approximate surface area is 113 Å². The highest BCUT2D eigenvalue weighted by atomic mass is 15.1. The quantitative estimate of drug-likeness (QED) is 0.670. The number of hydrogen-bond acceptors (Lipinski definition) is 2. The predicted molar refractivity (Wildman–Crippen MR) is 80.5 cm³/mol. The van der Waals surface area contributed by atoms with Crippen LogP contribution in [0.15, 0.2) is 25.3 Å². The van der Waals surface area contributed by atoms with E-state index in [-0.39, 0.29) is 0 Å². The van der Waals surface area contributed by atoms with Gasteiger partial charge in [0.25, 0.3) is 0 Å². The normalized spacial score (nSPS) is 28.3. The molecule has 0 radical (unpaired) electrons. The molecular weight excluding hydrogens is 220 g/mol. The van der Waals surface area contributed by atoms with E-state index < -0.39 is 0 Å². The summed E-state index contributed by atoms with van der Waals surface area (Å²) in [4.78, 5) is 2.40. The highest BCUT2D eigenvalue weighted by molar-refractivity contribution is 4.87. The lowest BCUT2D eigenvalue weighted by molar-refractivity contribution is 0.167. The van der Waals surface area contributed by atoms with Crippen molar-refractivity contribution in [3.8, 4) is 0 Å². The molecule has 0 aliphatic heterocycles. The monoisotopic (exact) mass is 250 g/mol. The lowest BCUT2D eigenvalue weighted by Crippen LogP contribution is -2.43. The van der Waals surface area contributed by atoms with E-state index >= 15 is 0 Å². The Morgan fingerprint density at radius 2 is 1.89 bits per heavy atom. The molecule has 0 aromatic heterocycles. The molecule has 0 spiro atoms. The Balaban J connectivity index is 2.49. The number of rotatable bonds is 8. The van der Waals surface area contributed by atoms with E-state index in [4.69, 9.17) is 5.73 Å². The summed E-state index contributed by atoms with van der Waals surface area (Å²) in [5.74, 6) is 1.55. The van der Waals surface area contributed by atoms with Crippen LogP contribution in [0, 0.1) is 11.8 Å². The summed E-state index contributed by atoms with van der Waals surface area (Å²) < 4.78 is 0. The molecule has 2 N–H and O–H groups in total. The van der Waals surface area contributed by atoms with E-state index in [2.05, 4.69) is 25.0 Å². The van der Waals surface area contributed by atoms with Gasteiger partial charge in [-0.3, -0.25) is 4.90 Å². The first-order chi connectivity index (χ1) is 8.71. The molecule has 18 heavy (non-hydrogen) atoms. The summed E-state index contributed by atoms with van der Waals surface area (Å²) in [5, 5.41) is 0. The zero-order chi connectivity index (χ0) is 13.4. The van der Waals surface area contributed by atoms with Crippen LogP contribution in [-0.4, -0.2) is 30.6 Å². The standard InChI is InChI=1S/C16H30N2/c1-4-7-14-8-9-16(17)15(12-14)13-18(10-5-2)11-6-3/h5-6,14-16H,2-4,7-13,17H2,1H3. The van der Waals surface area contributed by atoms with Crippen LogP contribution in [0.4, 0.5) is 0 Å². The van der Waals surface area contributed by atoms with Crippen molar-refractivity contribution >= 4 is 0 Å². The van der Waals surface area contributed by atoms with Crippen molar-refractivity contribution in [2.45, 2.75) is 45.1 Å². The summed E-state index contributed by atoms with van der Waals surface area (Å²) in [5.41, 5.74) is 6.30. The fourth-order valence-electron chi connectivity index (χ4n) is 3.19. The molecular formula is C16H30N2. The number of nitrogens with two attached hydrogens (primary N) is 1. The van der Waals surface area contributed by atoms with E-state index in [0.29, 0.717) is 12.0 Å². The Morgan fingerprint density at radius 1 is 1.22 bits per heavy atom. The second-order valence-corrected chi connectivity index (χ2v) is 5.69. The van der Waals surface area contributed by atoms with Crippen molar-refractivity contribution in [1.29, 1.82) is 0 Å². The molecule has 1 fully saturated rings. The van der Waals surface area contributed by atoms with Gasteiger partial charge in [-0.2, -0.15) is 0 Å². The van der Waals surface area contributed by atoms with Gasteiger partial charge in [0, 0.05) is 25.7 Å². The van der Waals surface area contributed by atoms with E-state index in [9.17, 15) is 0 Å². The van der Waals surface area contributed by atoms with Crippen LogP contribution < -0.4 is 5.73 Å². The van der Waals surface area contributed by atoms with Crippen molar-refractivity contribution < 1.29 is 0 Å². The van der Waals surface area contributed by atoms with Gasteiger partial charge in [0.1, 0.15) is 0 Å². The van der Waals surface area contributed by atoms with Crippen molar-refractivity contribution in [3.05, 3.63) is 25.3 Å². The van der Waals surface area contributed by atoms with Gasteiger partial charge in [0.15, 0.2) is 0 Å².